The zero-order chi connectivity index (χ0) is 15.6. The molecule has 0 bridgehead atoms. The van der Waals surface area contributed by atoms with Crippen molar-refractivity contribution in [2.45, 2.75) is 36.0 Å². The van der Waals surface area contributed by atoms with E-state index in [4.69, 9.17) is 17.3 Å². The normalized spacial score (nSPS) is 17.9. The van der Waals surface area contributed by atoms with E-state index in [1.165, 1.54) is 11.8 Å². The molecule has 1 aliphatic heterocycles. The van der Waals surface area contributed by atoms with Crippen LogP contribution in [0, 0.1) is 0 Å². The summed E-state index contributed by atoms with van der Waals surface area (Å²) < 4.78 is 0. The van der Waals surface area contributed by atoms with Gasteiger partial charge in [0.2, 0.25) is 11.8 Å². The van der Waals surface area contributed by atoms with Crippen LogP contribution in [0.2, 0.25) is 5.02 Å². The molecule has 21 heavy (non-hydrogen) atoms. The van der Waals surface area contributed by atoms with Gasteiger partial charge in [-0.1, -0.05) is 11.6 Å². The molecule has 5 nitrogen and oxygen atoms in total. The van der Waals surface area contributed by atoms with Crippen molar-refractivity contribution in [3.8, 4) is 0 Å². The van der Waals surface area contributed by atoms with E-state index < -0.39 is 10.8 Å². The average molecular weight is 328 g/mol. The highest BCUT2D eigenvalue weighted by atomic mass is 35.5. The zero-order valence-corrected chi connectivity index (χ0v) is 13.5. The molecule has 114 valence electrons. The minimum absolute atomic E-state index is 0.113. The molecule has 4 N–H and O–H groups in total. The van der Waals surface area contributed by atoms with Gasteiger partial charge in [-0.15, -0.1) is 11.8 Å². The standard InChI is InChI=1S/C14H18ClN3O2S/c1-14(2,7-16)18-12(19)6-11-13(20)17-9-5-8(15)3-4-10(9)21-11/h3-5,11H,6-7,16H2,1-2H3,(H,17,20)(H,18,19). The van der Waals surface area contributed by atoms with Crippen LogP contribution in [-0.2, 0) is 9.59 Å². The molecule has 1 aromatic rings. The maximum absolute atomic E-state index is 12.1. The smallest absolute Gasteiger partial charge is 0.238 e. The van der Waals surface area contributed by atoms with Crippen molar-refractivity contribution in [3.63, 3.8) is 0 Å². The first-order chi connectivity index (χ1) is 9.80. The Morgan fingerprint density at radius 1 is 1.52 bits per heavy atom. The van der Waals surface area contributed by atoms with Gasteiger partial charge in [-0.05, 0) is 32.0 Å². The summed E-state index contributed by atoms with van der Waals surface area (Å²) in [6.45, 7) is 4.02. The van der Waals surface area contributed by atoms with Crippen LogP contribution in [0.25, 0.3) is 0 Å². The van der Waals surface area contributed by atoms with E-state index in [2.05, 4.69) is 10.6 Å². The number of thioether (sulfide) groups is 1. The van der Waals surface area contributed by atoms with Crippen LogP contribution in [0.3, 0.4) is 0 Å². The van der Waals surface area contributed by atoms with Crippen LogP contribution in [0.1, 0.15) is 20.3 Å². The van der Waals surface area contributed by atoms with Crippen LogP contribution < -0.4 is 16.4 Å². The van der Waals surface area contributed by atoms with E-state index in [-0.39, 0.29) is 18.2 Å². The topological polar surface area (TPSA) is 84.2 Å². The molecule has 1 unspecified atom stereocenters. The van der Waals surface area contributed by atoms with Crippen LogP contribution in [-0.4, -0.2) is 29.1 Å². The summed E-state index contributed by atoms with van der Waals surface area (Å²) in [5.74, 6) is -0.369. The highest BCUT2D eigenvalue weighted by molar-refractivity contribution is 8.01. The Bertz CT molecular complexity index is 577. The molecular weight excluding hydrogens is 310 g/mol. The fourth-order valence-electron chi connectivity index (χ4n) is 1.90. The number of nitrogens with two attached hydrogens (primary N) is 1. The number of fused-ring (bicyclic) bond motifs is 1. The molecule has 0 aliphatic carbocycles. The molecule has 2 amide bonds. The highest BCUT2D eigenvalue weighted by Gasteiger charge is 2.30. The molecule has 1 aromatic carbocycles. The van der Waals surface area contributed by atoms with E-state index in [0.29, 0.717) is 17.3 Å². The first kappa shape index (κ1) is 16.1. The van der Waals surface area contributed by atoms with Gasteiger partial charge in [-0.3, -0.25) is 9.59 Å². The molecule has 1 heterocycles. The minimum atomic E-state index is -0.474. The first-order valence-electron chi connectivity index (χ1n) is 6.59. The summed E-state index contributed by atoms with van der Waals surface area (Å²) in [5.41, 5.74) is 5.80. The maximum Gasteiger partial charge on any atom is 0.238 e. The Morgan fingerprint density at radius 2 is 2.24 bits per heavy atom. The quantitative estimate of drug-likeness (QED) is 0.789. The molecule has 0 fully saturated rings. The van der Waals surface area contributed by atoms with E-state index in [9.17, 15) is 9.59 Å². The molecular formula is C14H18ClN3O2S. The van der Waals surface area contributed by atoms with Crippen LogP contribution in [0.4, 0.5) is 5.69 Å². The van der Waals surface area contributed by atoms with Gasteiger partial charge in [0.15, 0.2) is 0 Å². The van der Waals surface area contributed by atoms with Gasteiger partial charge in [-0.2, -0.15) is 0 Å². The largest absolute Gasteiger partial charge is 0.350 e. The Kier molecular flexibility index (Phi) is 4.81. The Labute approximate surface area is 133 Å². The number of carbonyl (C=O) groups excluding carboxylic acids is 2. The number of benzene rings is 1. The Balaban J connectivity index is 2.04. The second-order valence-corrected chi connectivity index (χ2v) is 7.26. The molecule has 0 aromatic heterocycles. The van der Waals surface area contributed by atoms with E-state index in [0.717, 1.165) is 4.90 Å². The number of rotatable bonds is 4. The number of anilines is 1. The fraction of sp³-hybridized carbons (Fsp3) is 0.429. The predicted molar refractivity (Wildman–Crippen MR) is 85.6 cm³/mol. The highest BCUT2D eigenvalue weighted by Crippen LogP contribution is 2.38. The van der Waals surface area contributed by atoms with E-state index in [1.807, 2.05) is 19.9 Å². The third kappa shape index (κ3) is 4.12. The molecule has 2 rings (SSSR count). The lowest BCUT2D eigenvalue weighted by Crippen LogP contribution is -2.50. The van der Waals surface area contributed by atoms with Crippen molar-refractivity contribution >= 4 is 40.9 Å². The molecule has 0 spiro atoms. The van der Waals surface area contributed by atoms with Crippen LogP contribution >= 0.6 is 23.4 Å². The maximum atomic E-state index is 12.1. The lowest BCUT2D eigenvalue weighted by atomic mass is 10.1. The summed E-state index contributed by atoms with van der Waals surface area (Å²) in [5, 5.41) is 5.73. The van der Waals surface area contributed by atoms with Gasteiger partial charge in [0.05, 0.1) is 10.9 Å². The third-order valence-electron chi connectivity index (χ3n) is 3.12. The second kappa shape index (κ2) is 6.25. The molecule has 0 saturated carbocycles. The lowest BCUT2D eigenvalue weighted by Gasteiger charge is -2.27. The van der Waals surface area contributed by atoms with Gasteiger partial charge in [0.25, 0.3) is 0 Å². The van der Waals surface area contributed by atoms with E-state index in [1.54, 1.807) is 12.1 Å². The van der Waals surface area contributed by atoms with Crippen molar-refractivity contribution in [3.05, 3.63) is 23.2 Å². The summed E-state index contributed by atoms with van der Waals surface area (Å²) >= 11 is 7.27. The van der Waals surface area contributed by atoms with Crippen LogP contribution in [0.15, 0.2) is 23.1 Å². The van der Waals surface area contributed by atoms with Gasteiger partial charge in [0, 0.05) is 28.4 Å². The number of nitrogens with one attached hydrogen (secondary N) is 2. The molecule has 1 aliphatic rings. The molecule has 1 atom stereocenters. The number of amides is 2. The van der Waals surface area contributed by atoms with Gasteiger partial charge >= 0.3 is 0 Å². The van der Waals surface area contributed by atoms with Crippen molar-refractivity contribution in [2.24, 2.45) is 5.73 Å². The molecule has 7 heteroatoms. The molecule has 0 radical (unpaired) electrons. The fourth-order valence-corrected chi connectivity index (χ4v) is 3.17. The summed E-state index contributed by atoms with van der Waals surface area (Å²) in [7, 11) is 0. The number of halogens is 1. The van der Waals surface area contributed by atoms with Crippen LogP contribution in [0.5, 0.6) is 0 Å². The number of carbonyl (C=O) groups is 2. The number of hydrogen-bond acceptors (Lipinski definition) is 4. The van der Waals surface area contributed by atoms with Gasteiger partial charge < -0.3 is 16.4 Å². The second-order valence-electron chi connectivity index (χ2n) is 5.58. The summed E-state index contributed by atoms with van der Waals surface area (Å²) in [6.07, 6.45) is 0.113. The van der Waals surface area contributed by atoms with Crippen molar-refractivity contribution < 1.29 is 9.59 Å². The lowest BCUT2D eigenvalue weighted by molar-refractivity contribution is -0.125. The van der Waals surface area contributed by atoms with Gasteiger partial charge in [-0.25, -0.2) is 0 Å². The Hall–Kier alpha value is -1.24. The minimum Gasteiger partial charge on any atom is -0.350 e. The summed E-state index contributed by atoms with van der Waals surface area (Å²) in [6, 6.07) is 5.31. The Morgan fingerprint density at radius 3 is 2.90 bits per heavy atom. The SMILES string of the molecule is CC(C)(CN)NC(=O)CC1Sc2ccc(Cl)cc2NC1=O. The predicted octanol–water partition coefficient (Wildman–Crippen LogP) is 2.00. The number of hydrogen-bond donors (Lipinski definition) is 3. The van der Waals surface area contributed by atoms with Gasteiger partial charge in [0.1, 0.15) is 0 Å². The van der Waals surface area contributed by atoms with E-state index >= 15 is 0 Å². The summed E-state index contributed by atoms with van der Waals surface area (Å²) in [4.78, 5) is 25.0. The molecule has 0 saturated heterocycles. The monoisotopic (exact) mass is 327 g/mol. The third-order valence-corrected chi connectivity index (χ3v) is 4.63. The average Bonchev–Trinajstić information content (AvgIpc) is 2.39. The van der Waals surface area contributed by atoms with Crippen molar-refractivity contribution in [1.29, 1.82) is 0 Å². The van der Waals surface area contributed by atoms with Crippen molar-refractivity contribution in [1.82, 2.24) is 5.32 Å². The zero-order valence-electron chi connectivity index (χ0n) is 11.9. The first-order valence-corrected chi connectivity index (χ1v) is 7.84. The van der Waals surface area contributed by atoms with Crippen molar-refractivity contribution in [2.75, 3.05) is 11.9 Å².